The molecule has 1 aliphatic heterocycles. The van der Waals surface area contributed by atoms with Gasteiger partial charge >= 0.3 is 0 Å². The van der Waals surface area contributed by atoms with Crippen LogP contribution in [0.3, 0.4) is 0 Å². The Kier molecular flexibility index (Phi) is 5.19. The van der Waals surface area contributed by atoms with Crippen LogP contribution >= 0.6 is 11.3 Å². The summed E-state index contributed by atoms with van der Waals surface area (Å²) >= 11 is 1.12. The van der Waals surface area contributed by atoms with E-state index in [-0.39, 0.29) is 18.2 Å². The second kappa shape index (κ2) is 6.67. The van der Waals surface area contributed by atoms with Crippen molar-refractivity contribution in [3.63, 3.8) is 0 Å². The van der Waals surface area contributed by atoms with Crippen molar-refractivity contribution in [1.29, 1.82) is 0 Å². The molecule has 0 aromatic carbocycles. The van der Waals surface area contributed by atoms with E-state index in [1.54, 1.807) is 13.8 Å². The third-order valence-electron chi connectivity index (χ3n) is 3.33. The van der Waals surface area contributed by atoms with Crippen molar-refractivity contribution in [3.05, 3.63) is 11.1 Å². The number of carbonyl (C=O) groups excluding carboxylic acids is 1. The second-order valence-electron chi connectivity index (χ2n) is 6.34. The highest BCUT2D eigenvalue weighted by Crippen LogP contribution is 2.29. The van der Waals surface area contributed by atoms with Crippen molar-refractivity contribution >= 4 is 44.0 Å². The van der Waals surface area contributed by atoms with Crippen LogP contribution in [0.5, 0.6) is 0 Å². The van der Waals surface area contributed by atoms with E-state index in [1.807, 2.05) is 0 Å². The van der Waals surface area contributed by atoms with Gasteiger partial charge in [0.05, 0.1) is 17.7 Å². The minimum absolute atomic E-state index is 0.0905. The number of anilines is 1. The molecule has 0 saturated heterocycles. The van der Waals surface area contributed by atoms with Gasteiger partial charge in [-0.25, -0.2) is 12.8 Å². The Morgan fingerprint density at radius 2 is 2.12 bits per heavy atom. The summed E-state index contributed by atoms with van der Waals surface area (Å²) in [6, 6.07) is 0. The maximum Gasteiger partial charge on any atom is 0.235 e. The molecule has 24 heavy (non-hydrogen) atoms. The molecule has 1 atom stereocenters. The number of hydrogen-bond acceptors (Lipinski definition) is 7. The lowest BCUT2D eigenvalue weighted by atomic mass is 9.95. The first-order valence-electron chi connectivity index (χ1n) is 7.15. The normalized spacial score (nSPS) is 18.4. The number of amides is 1. The van der Waals surface area contributed by atoms with Crippen LogP contribution in [0.25, 0.3) is 5.57 Å². The van der Waals surface area contributed by atoms with E-state index < -0.39 is 21.4 Å². The highest BCUT2D eigenvalue weighted by molar-refractivity contribution is 7.90. The molecule has 2 rings (SSSR count). The summed E-state index contributed by atoms with van der Waals surface area (Å²) in [5.41, 5.74) is -0.572. The molecule has 0 fully saturated rings. The van der Waals surface area contributed by atoms with Gasteiger partial charge in [0, 0.05) is 25.1 Å². The minimum Gasteiger partial charge on any atom is -0.289 e. The SMILES string of the molecule is CN(C(=O)C(C)(C)CS(C)(=O)=O)c1nnc(C2=CC(F)CN=C2)s1. The van der Waals surface area contributed by atoms with Gasteiger partial charge in [0.1, 0.15) is 16.0 Å². The van der Waals surface area contributed by atoms with Crippen LogP contribution in [0.15, 0.2) is 11.1 Å². The highest BCUT2D eigenvalue weighted by atomic mass is 32.2. The number of carbonyl (C=O) groups is 1. The molecule has 132 valence electrons. The quantitative estimate of drug-likeness (QED) is 0.776. The first-order chi connectivity index (χ1) is 11.0. The van der Waals surface area contributed by atoms with Crippen LogP contribution in [0.1, 0.15) is 18.9 Å². The third kappa shape index (κ3) is 4.44. The molecule has 2 heterocycles. The molecule has 1 amide bonds. The maximum absolute atomic E-state index is 13.4. The summed E-state index contributed by atoms with van der Waals surface area (Å²) in [7, 11) is -1.80. The van der Waals surface area contributed by atoms with Gasteiger partial charge in [-0.15, -0.1) is 10.2 Å². The van der Waals surface area contributed by atoms with Crippen LogP contribution in [0, 0.1) is 5.41 Å². The Hall–Kier alpha value is -1.68. The van der Waals surface area contributed by atoms with Crippen LogP contribution < -0.4 is 4.90 Å². The molecule has 0 bridgehead atoms. The van der Waals surface area contributed by atoms with Gasteiger partial charge in [-0.2, -0.15) is 0 Å². The Labute approximate surface area is 144 Å². The maximum atomic E-state index is 13.4. The number of halogens is 1. The lowest BCUT2D eigenvalue weighted by molar-refractivity contribution is -0.125. The fourth-order valence-electron chi connectivity index (χ4n) is 2.39. The lowest BCUT2D eigenvalue weighted by Gasteiger charge is -2.26. The molecular weight excluding hydrogens is 355 g/mol. The molecule has 0 radical (unpaired) electrons. The number of aromatic nitrogens is 2. The summed E-state index contributed by atoms with van der Waals surface area (Å²) < 4.78 is 36.4. The Morgan fingerprint density at radius 1 is 1.46 bits per heavy atom. The zero-order chi connectivity index (χ0) is 18.1. The summed E-state index contributed by atoms with van der Waals surface area (Å²) in [5.74, 6) is -0.652. The molecule has 1 aliphatic rings. The number of rotatable bonds is 5. The van der Waals surface area contributed by atoms with Crippen molar-refractivity contribution in [2.75, 3.05) is 30.5 Å². The largest absolute Gasteiger partial charge is 0.289 e. The second-order valence-corrected chi connectivity index (χ2v) is 9.44. The summed E-state index contributed by atoms with van der Waals surface area (Å²) in [4.78, 5) is 17.8. The monoisotopic (exact) mass is 374 g/mol. The first-order valence-corrected chi connectivity index (χ1v) is 10.0. The van der Waals surface area contributed by atoms with Crippen molar-refractivity contribution in [2.45, 2.75) is 20.0 Å². The molecule has 10 heteroatoms. The van der Waals surface area contributed by atoms with Gasteiger partial charge < -0.3 is 0 Å². The molecule has 1 aromatic rings. The topological polar surface area (TPSA) is 92.6 Å². The smallest absolute Gasteiger partial charge is 0.235 e. The number of dihydropyridines is 1. The van der Waals surface area contributed by atoms with Gasteiger partial charge in [-0.05, 0) is 6.08 Å². The molecule has 0 spiro atoms. The number of aliphatic imine (C=N–C) groups is 1. The van der Waals surface area contributed by atoms with Crippen LogP contribution in [0.2, 0.25) is 0 Å². The highest BCUT2D eigenvalue weighted by Gasteiger charge is 2.35. The van der Waals surface area contributed by atoms with Gasteiger partial charge in [0.25, 0.3) is 0 Å². The minimum atomic E-state index is -3.31. The van der Waals surface area contributed by atoms with Gasteiger partial charge in [-0.3, -0.25) is 14.7 Å². The van der Waals surface area contributed by atoms with Crippen molar-refractivity contribution in [2.24, 2.45) is 10.4 Å². The van der Waals surface area contributed by atoms with Gasteiger partial charge in [-0.1, -0.05) is 25.2 Å². The average Bonchev–Trinajstić information content (AvgIpc) is 2.93. The molecule has 1 aromatic heterocycles. The van der Waals surface area contributed by atoms with Crippen LogP contribution in [0.4, 0.5) is 9.52 Å². The number of alkyl halides is 1. The van der Waals surface area contributed by atoms with Crippen molar-refractivity contribution < 1.29 is 17.6 Å². The van der Waals surface area contributed by atoms with Gasteiger partial charge in [0.2, 0.25) is 11.0 Å². The Balaban J connectivity index is 2.20. The summed E-state index contributed by atoms with van der Waals surface area (Å²) in [5, 5.41) is 8.68. The molecule has 7 nitrogen and oxygen atoms in total. The van der Waals surface area contributed by atoms with E-state index in [4.69, 9.17) is 0 Å². The Morgan fingerprint density at radius 3 is 2.71 bits per heavy atom. The zero-order valence-electron chi connectivity index (χ0n) is 13.9. The average molecular weight is 374 g/mol. The third-order valence-corrected chi connectivity index (χ3v) is 5.62. The number of sulfone groups is 1. The van der Waals surface area contributed by atoms with E-state index in [0.29, 0.717) is 15.7 Å². The predicted molar refractivity (Wildman–Crippen MR) is 93.0 cm³/mol. The predicted octanol–water partition coefficient (Wildman–Crippen LogP) is 1.38. The lowest BCUT2D eigenvalue weighted by Crippen LogP contribution is -2.42. The van der Waals surface area contributed by atoms with E-state index >= 15 is 0 Å². The molecular formula is C14H19FN4O3S2. The van der Waals surface area contributed by atoms with E-state index in [2.05, 4.69) is 15.2 Å². The van der Waals surface area contributed by atoms with Gasteiger partial charge in [0.15, 0.2) is 5.01 Å². The fourth-order valence-corrected chi connectivity index (χ4v) is 4.62. The van der Waals surface area contributed by atoms with E-state index in [1.165, 1.54) is 24.2 Å². The fraction of sp³-hybridized carbons (Fsp3) is 0.571. The first kappa shape index (κ1) is 18.7. The number of hydrogen-bond donors (Lipinski definition) is 0. The molecule has 0 saturated carbocycles. The molecule has 0 N–H and O–H groups in total. The van der Waals surface area contributed by atoms with E-state index in [0.717, 1.165) is 17.6 Å². The van der Waals surface area contributed by atoms with Crippen molar-refractivity contribution in [1.82, 2.24) is 10.2 Å². The standard InChI is InChI=1S/C14H19FN4O3S2/c1-14(2,8-24(4,21)22)12(20)19(3)13-18-17-11(23-13)9-5-10(15)7-16-6-9/h5-6,10H,7-8H2,1-4H3. The van der Waals surface area contributed by atoms with E-state index in [9.17, 15) is 17.6 Å². The number of allylic oxidation sites excluding steroid dienone is 1. The van der Waals surface area contributed by atoms with Crippen LogP contribution in [-0.2, 0) is 14.6 Å². The van der Waals surface area contributed by atoms with Crippen molar-refractivity contribution in [3.8, 4) is 0 Å². The summed E-state index contributed by atoms with van der Waals surface area (Å²) in [6.45, 7) is 3.23. The van der Waals surface area contributed by atoms with Crippen LogP contribution in [-0.4, -0.2) is 62.5 Å². The summed E-state index contributed by atoms with van der Waals surface area (Å²) in [6.07, 6.45) is 2.86. The molecule has 0 aliphatic carbocycles. The Bertz CT molecular complexity index is 799. The number of nitrogens with zero attached hydrogens (tertiary/aromatic N) is 4. The zero-order valence-corrected chi connectivity index (χ0v) is 15.5. The molecule has 1 unspecified atom stereocenters.